The molecule has 0 atom stereocenters. The Morgan fingerprint density at radius 1 is 1.42 bits per heavy atom. The Labute approximate surface area is 122 Å². The zero-order valence-corrected chi connectivity index (χ0v) is 12.9. The molecule has 1 N–H and O–H groups in total. The van der Waals surface area contributed by atoms with Gasteiger partial charge in [-0.15, -0.1) is 0 Å². The van der Waals surface area contributed by atoms with Crippen LogP contribution < -0.4 is 4.74 Å². The van der Waals surface area contributed by atoms with E-state index in [4.69, 9.17) is 9.84 Å². The summed E-state index contributed by atoms with van der Waals surface area (Å²) < 4.78 is 6.25. The van der Waals surface area contributed by atoms with E-state index in [1.165, 1.54) is 0 Å². The maximum atomic E-state index is 11.9. The number of aliphatic hydroxyl groups is 1. The first-order valence-electron chi connectivity index (χ1n) is 6.25. The predicted molar refractivity (Wildman–Crippen MR) is 78.1 cm³/mol. The highest BCUT2D eigenvalue weighted by molar-refractivity contribution is 9.10. The Kier molecular flexibility index (Phi) is 6.87. The first-order chi connectivity index (χ1) is 9.08. The molecule has 106 valence electrons. The number of rotatable bonds is 7. The Morgan fingerprint density at radius 3 is 2.79 bits per heavy atom. The van der Waals surface area contributed by atoms with Gasteiger partial charge in [0.2, 0.25) is 5.91 Å². The normalized spacial score (nSPS) is 10.3. The molecular formula is C14H20BrNO3. The third kappa shape index (κ3) is 5.20. The maximum absolute atomic E-state index is 11.9. The van der Waals surface area contributed by atoms with E-state index in [1.807, 2.05) is 18.2 Å². The minimum absolute atomic E-state index is 0.0791. The van der Waals surface area contributed by atoms with Gasteiger partial charge in [-0.3, -0.25) is 4.79 Å². The number of aliphatic hydroxyl groups excluding tert-OH is 1. The Balaban J connectivity index is 2.62. The van der Waals surface area contributed by atoms with Gasteiger partial charge in [-0.1, -0.05) is 15.9 Å². The van der Waals surface area contributed by atoms with Crippen molar-refractivity contribution in [3.05, 3.63) is 28.2 Å². The summed E-state index contributed by atoms with van der Waals surface area (Å²) in [6, 6.07) is 5.74. The van der Waals surface area contributed by atoms with E-state index >= 15 is 0 Å². The lowest BCUT2D eigenvalue weighted by molar-refractivity contribution is -0.130. The number of nitrogens with zero attached hydrogens (tertiary/aromatic N) is 1. The fraction of sp³-hybridized carbons (Fsp3) is 0.500. The molecule has 0 saturated carbocycles. The molecule has 1 amide bonds. The van der Waals surface area contributed by atoms with Crippen LogP contribution in [0.15, 0.2) is 22.7 Å². The van der Waals surface area contributed by atoms with Crippen LogP contribution in [0.1, 0.15) is 24.8 Å². The average Bonchev–Trinajstić information content (AvgIpc) is 2.39. The Bertz CT molecular complexity index is 423. The third-order valence-corrected chi connectivity index (χ3v) is 3.37. The molecule has 0 aliphatic heterocycles. The number of ether oxygens (including phenoxy) is 1. The molecule has 0 spiro atoms. The van der Waals surface area contributed by atoms with Gasteiger partial charge in [0.1, 0.15) is 5.75 Å². The summed E-state index contributed by atoms with van der Waals surface area (Å²) in [5, 5.41) is 8.71. The van der Waals surface area contributed by atoms with Gasteiger partial charge in [-0.2, -0.15) is 0 Å². The van der Waals surface area contributed by atoms with E-state index in [0.717, 1.165) is 22.2 Å². The predicted octanol–water partition coefficient (Wildman–Crippen LogP) is 2.58. The van der Waals surface area contributed by atoms with Gasteiger partial charge in [0.25, 0.3) is 0 Å². The Morgan fingerprint density at radius 2 is 2.16 bits per heavy atom. The number of hydrogen-bond acceptors (Lipinski definition) is 3. The fourth-order valence-electron chi connectivity index (χ4n) is 1.79. The molecule has 0 aromatic heterocycles. The van der Waals surface area contributed by atoms with Gasteiger partial charge in [-0.25, -0.2) is 0 Å². The van der Waals surface area contributed by atoms with Crippen molar-refractivity contribution in [1.29, 1.82) is 0 Å². The van der Waals surface area contributed by atoms with Crippen LogP contribution in [0, 0.1) is 0 Å². The van der Waals surface area contributed by atoms with Gasteiger partial charge >= 0.3 is 0 Å². The number of unbranched alkanes of at least 4 members (excludes halogenated alkanes) is 1. The number of hydrogen-bond donors (Lipinski definition) is 1. The first-order valence-corrected chi connectivity index (χ1v) is 7.05. The summed E-state index contributed by atoms with van der Waals surface area (Å²) in [6.45, 7) is 0.650. The standard InChI is InChI=1S/C14H20BrNO3/c1-16(14(18)5-3-4-8-17)10-11-9-12(15)6-7-13(11)19-2/h6-7,9,17H,3-5,8,10H2,1-2H3. The quantitative estimate of drug-likeness (QED) is 0.782. The number of methoxy groups -OCH3 is 1. The summed E-state index contributed by atoms with van der Waals surface area (Å²) >= 11 is 3.42. The zero-order chi connectivity index (χ0) is 14.3. The van der Waals surface area contributed by atoms with Crippen LogP contribution in [-0.4, -0.2) is 36.7 Å². The lowest BCUT2D eigenvalue weighted by Crippen LogP contribution is -2.26. The zero-order valence-electron chi connectivity index (χ0n) is 11.4. The van der Waals surface area contributed by atoms with Crippen LogP contribution in [0.3, 0.4) is 0 Å². The number of benzene rings is 1. The maximum Gasteiger partial charge on any atom is 0.222 e. The molecule has 0 radical (unpaired) electrons. The summed E-state index contributed by atoms with van der Waals surface area (Å²) in [7, 11) is 3.40. The van der Waals surface area contributed by atoms with Crippen molar-refractivity contribution < 1.29 is 14.6 Å². The molecule has 5 heteroatoms. The molecule has 0 saturated heterocycles. The molecule has 19 heavy (non-hydrogen) atoms. The number of carbonyl (C=O) groups is 1. The molecule has 1 rings (SSSR count). The van der Waals surface area contributed by atoms with Crippen LogP contribution in [0.2, 0.25) is 0 Å². The molecule has 0 heterocycles. The minimum atomic E-state index is 0.0791. The molecule has 0 aliphatic rings. The number of halogens is 1. The van der Waals surface area contributed by atoms with E-state index in [9.17, 15) is 4.79 Å². The van der Waals surface area contributed by atoms with Crippen molar-refractivity contribution in [2.24, 2.45) is 0 Å². The van der Waals surface area contributed by atoms with E-state index < -0.39 is 0 Å². The highest BCUT2D eigenvalue weighted by Crippen LogP contribution is 2.24. The Hall–Kier alpha value is -1.07. The second kappa shape index (κ2) is 8.17. The van der Waals surface area contributed by atoms with Crippen molar-refractivity contribution in [3.8, 4) is 5.75 Å². The number of carbonyl (C=O) groups excluding carboxylic acids is 1. The van der Waals surface area contributed by atoms with Crippen molar-refractivity contribution in [3.63, 3.8) is 0 Å². The largest absolute Gasteiger partial charge is 0.496 e. The van der Waals surface area contributed by atoms with Crippen LogP contribution >= 0.6 is 15.9 Å². The van der Waals surface area contributed by atoms with Crippen LogP contribution in [0.4, 0.5) is 0 Å². The summed E-state index contributed by atoms with van der Waals surface area (Å²) in [5.41, 5.74) is 0.967. The minimum Gasteiger partial charge on any atom is -0.496 e. The van der Waals surface area contributed by atoms with E-state index in [-0.39, 0.29) is 12.5 Å². The summed E-state index contributed by atoms with van der Waals surface area (Å²) in [5.74, 6) is 0.855. The van der Waals surface area contributed by atoms with Crippen LogP contribution in [-0.2, 0) is 11.3 Å². The van der Waals surface area contributed by atoms with Crippen LogP contribution in [0.25, 0.3) is 0 Å². The van der Waals surface area contributed by atoms with Gasteiger partial charge in [0, 0.05) is 36.7 Å². The second-order valence-corrected chi connectivity index (χ2v) is 5.30. The van der Waals surface area contributed by atoms with Crippen molar-refractivity contribution >= 4 is 21.8 Å². The lowest BCUT2D eigenvalue weighted by atomic mass is 10.1. The molecule has 0 fully saturated rings. The highest BCUT2D eigenvalue weighted by Gasteiger charge is 2.12. The van der Waals surface area contributed by atoms with E-state index in [2.05, 4.69) is 15.9 Å². The lowest BCUT2D eigenvalue weighted by Gasteiger charge is -2.19. The van der Waals surface area contributed by atoms with Gasteiger partial charge in [0.05, 0.1) is 7.11 Å². The average molecular weight is 330 g/mol. The van der Waals surface area contributed by atoms with Crippen molar-refractivity contribution in [2.75, 3.05) is 20.8 Å². The first kappa shape index (κ1) is 16.0. The fourth-order valence-corrected chi connectivity index (χ4v) is 2.20. The number of amides is 1. The SMILES string of the molecule is COc1ccc(Br)cc1CN(C)C(=O)CCCCO. The van der Waals surface area contributed by atoms with Gasteiger partial charge in [0.15, 0.2) is 0 Å². The topological polar surface area (TPSA) is 49.8 Å². The van der Waals surface area contributed by atoms with Gasteiger partial charge in [-0.05, 0) is 31.0 Å². The van der Waals surface area contributed by atoms with E-state index in [0.29, 0.717) is 19.4 Å². The molecule has 0 unspecified atom stereocenters. The van der Waals surface area contributed by atoms with E-state index in [1.54, 1.807) is 19.1 Å². The summed E-state index contributed by atoms with van der Waals surface area (Å²) in [6.07, 6.45) is 1.85. The smallest absolute Gasteiger partial charge is 0.222 e. The molecule has 0 bridgehead atoms. The molecule has 1 aromatic carbocycles. The van der Waals surface area contributed by atoms with Crippen molar-refractivity contribution in [1.82, 2.24) is 4.90 Å². The summed E-state index contributed by atoms with van der Waals surface area (Å²) in [4.78, 5) is 13.6. The second-order valence-electron chi connectivity index (χ2n) is 4.39. The molecule has 4 nitrogen and oxygen atoms in total. The molecular weight excluding hydrogens is 310 g/mol. The van der Waals surface area contributed by atoms with Crippen LogP contribution in [0.5, 0.6) is 5.75 Å². The molecule has 0 aliphatic carbocycles. The monoisotopic (exact) mass is 329 g/mol. The van der Waals surface area contributed by atoms with Crippen molar-refractivity contribution in [2.45, 2.75) is 25.8 Å². The third-order valence-electron chi connectivity index (χ3n) is 2.87. The highest BCUT2D eigenvalue weighted by atomic mass is 79.9. The molecule has 1 aromatic rings. The van der Waals surface area contributed by atoms with Gasteiger partial charge < -0.3 is 14.7 Å².